The summed E-state index contributed by atoms with van der Waals surface area (Å²) in [6.07, 6.45) is 3.06. The van der Waals surface area contributed by atoms with Crippen molar-refractivity contribution in [3.05, 3.63) is 15.8 Å². The van der Waals surface area contributed by atoms with Gasteiger partial charge in [-0.1, -0.05) is 11.8 Å². The van der Waals surface area contributed by atoms with Gasteiger partial charge in [0, 0.05) is 31.2 Å². The van der Waals surface area contributed by atoms with Gasteiger partial charge in [-0.15, -0.1) is 11.3 Å². The minimum atomic E-state index is -0.129. The molecule has 2 rings (SSSR count). The number of amides is 1. The quantitative estimate of drug-likeness (QED) is 0.618. The minimum absolute atomic E-state index is 0.0306. The van der Waals surface area contributed by atoms with E-state index in [1.54, 1.807) is 4.90 Å². The van der Waals surface area contributed by atoms with Gasteiger partial charge in [0.25, 0.3) is 0 Å². The molecule has 0 aromatic carbocycles. The Morgan fingerprint density at radius 2 is 1.96 bits per heavy atom. The summed E-state index contributed by atoms with van der Waals surface area (Å²) in [6, 6.07) is 1.79. The fourth-order valence-electron chi connectivity index (χ4n) is 2.79. The fraction of sp³-hybridized carbons (Fsp3) is 0.526. The van der Waals surface area contributed by atoms with Gasteiger partial charge >= 0.3 is 0 Å². The lowest BCUT2D eigenvalue weighted by Gasteiger charge is -2.33. The van der Waals surface area contributed by atoms with Crippen LogP contribution in [-0.2, 0) is 9.59 Å². The van der Waals surface area contributed by atoms with Gasteiger partial charge in [0.1, 0.15) is 5.78 Å². The third kappa shape index (κ3) is 4.55. The summed E-state index contributed by atoms with van der Waals surface area (Å²) in [5, 5.41) is 0. The number of hydrogen-bond donors (Lipinski definition) is 0. The molecule has 1 heterocycles. The van der Waals surface area contributed by atoms with E-state index >= 15 is 0 Å². The number of hydrogen-bond acceptors (Lipinski definition) is 4. The van der Waals surface area contributed by atoms with Crippen LogP contribution in [0.3, 0.4) is 0 Å². The molecule has 1 amide bonds. The van der Waals surface area contributed by atoms with Crippen molar-refractivity contribution in [3.8, 4) is 11.8 Å². The predicted molar refractivity (Wildman–Crippen MR) is 96.5 cm³/mol. The van der Waals surface area contributed by atoms with Crippen molar-refractivity contribution in [2.75, 3.05) is 4.90 Å². The summed E-state index contributed by atoms with van der Waals surface area (Å²) in [4.78, 5) is 38.1. The molecule has 0 spiro atoms. The second-order valence-corrected chi connectivity index (χ2v) is 8.22. The first-order valence-electron chi connectivity index (χ1n) is 8.15. The molecule has 0 unspecified atom stereocenters. The molecule has 128 valence electrons. The van der Waals surface area contributed by atoms with Crippen molar-refractivity contribution in [1.29, 1.82) is 0 Å². The molecule has 1 fully saturated rings. The number of rotatable bonds is 3. The number of carbonyl (C=O) groups is 3. The first-order chi connectivity index (χ1) is 11.2. The van der Waals surface area contributed by atoms with Crippen LogP contribution in [0.5, 0.6) is 0 Å². The van der Waals surface area contributed by atoms with Crippen LogP contribution in [0.4, 0.5) is 5.69 Å². The van der Waals surface area contributed by atoms with Gasteiger partial charge in [0.2, 0.25) is 5.91 Å². The van der Waals surface area contributed by atoms with Crippen molar-refractivity contribution in [2.45, 2.75) is 59.4 Å². The number of thiophene rings is 1. The third-order valence-electron chi connectivity index (χ3n) is 3.88. The molecule has 0 N–H and O–H groups in total. The van der Waals surface area contributed by atoms with E-state index in [2.05, 4.69) is 11.8 Å². The third-order valence-corrected chi connectivity index (χ3v) is 4.85. The van der Waals surface area contributed by atoms with Gasteiger partial charge in [-0.05, 0) is 39.7 Å². The van der Waals surface area contributed by atoms with Crippen LogP contribution in [0.1, 0.15) is 67.9 Å². The Balaban J connectivity index is 2.37. The zero-order chi connectivity index (χ0) is 17.9. The monoisotopic (exact) mass is 345 g/mol. The molecule has 0 atom stereocenters. The maximum absolute atomic E-state index is 12.2. The number of carbonyl (C=O) groups excluding carboxylic acids is 3. The van der Waals surface area contributed by atoms with Gasteiger partial charge in [0.15, 0.2) is 6.29 Å². The van der Waals surface area contributed by atoms with E-state index in [-0.39, 0.29) is 23.1 Å². The molecule has 0 bridgehead atoms. The normalized spacial score (nSPS) is 15.6. The van der Waals surface area contributed by atoms with E-state index in [0.29, 0.717) is 36.2 Å². The summed E-state index contributed by atoms with van der Waals surface area (Å²) in [6.45, 7) is 7.57. The number of anilines is 1. The standard InChI is InChI=1S/C19H23NO3S/c1-13(22)20(14-5-7-15(23)8-6-14)17-11-16(24-18(17)12-21)9-10-19(2,3)4/h11-12,14H,5-8H2,1-4H3. The number of aldehydes is 1. The molecule has 0 aliphatic heterocycles. The highest BCUT2D eigenvalue weighted by atomic mass is 32.1. The second-order valence-electron chi connectivity index (χ2n) is 7.14. The maximum atomic E-state index is 12.2. The number of ketones is 1. The molecule has 1 saturated carbocycles. The first-order valence-corrected chi connectivity index (χ1v) is 8.96. The Morgan fingerprint density at radius 3 is 2.46 bits per heavy atom. The summed E-state index contributed by atoms with van der Waals surface area (Å²) in [7, 11) is 0. The van der Waals surface area contributed by atoms with E-state index in [1.165, 1.54) is 18.3 Å². The van der Waals surface area contributed by atoms with Crippen LogP contribution in [0.15, 0.2) is 6.07 Å². The summed E-state index contributed by atoms with van der Waals surface area (Å²) < 4.78 is 0. The molecule has 24 heavy (non-hydrogen) atoms. The molecule has 1 aliphatic carbocycles. The highest BCUT2D eigenvalue weighted by molar-refractivity contribution is 7.14. The number of nitrogens with zero attached hydrogens (tertiary/aromatic N) is 1. The number of Topliss-reactive ketones (excluding diaryl/α,β-unsaturated/α-hetero) is 1. The molecule has 4 nitrogen and oxygen atoms in total. The highest BCUT2D eigenvalue weighted by Gasteiger charge is 2.29. The smallest absolute Gasteiger partial charge is 0.224 e. The van der Waals surface area contributed by atoms with Gasteiger partial charge in [-0.25, -0.2) is 0 Å². The molecule has 1 aliphatic rings. The van der Waals surface area contributed by atoms with E-state index in [4.69, 9.17) is 0 Å². The second kappa shape index (κ2) is 7.31. The predicted octanol–water partition coefficient (Wildman–Crippen LogP) is 3.82. The van der Waals surface area contributed by atoms with Crippen molar-refractivity contribution in [1.82, 2.24) is 0 Å². The van der Waals surface area contributed by atoms with Crippen LogP contribution in [-0.4, -0.2) is 24.0 Å². The summed E-state index contributed by atoms with van der Waals surface area (Å²) in [5.41, 5.74) is 0.496. The molecule has 5 heteroatoms. The molecular weight excluding hydrogens is 322 g/mol. The Labute approximate surface area is 147 Å². The minimum Gasteiger partial charge on any atom is -0.308 e. The van der Waals surface area contributed by atoms with Crippen molar-refractivity contribution in [2.24, 2.45) is 5.41 Å². The van der Waals surface area contributed by atoms with Gasteiger partial charge in [0.05, 0.1) is 15.4 Å². The lowest BCUT2D eigenvalue weighted by Crippen LogP contribution is -2.41. The van der Waals surface area contributed by atoms with E-state index < -0.39 is 0 Å². The topological polar surface area (TPSA) is 54.5 Å². The molecule has 1 aromatic rings. The Morgan fingerprint density at radius 1 is 1.33 bits per heavy atom. The SMILES string of the molecule is CC(=O)N(c1cc(C#CC(C)(C)C)sc1C=O)C1CCC(=O)CC1. The van der Waals surface area contributed by atoms with Gasteiger partial charge in [-0.3, -0.25) is 14.4 Å². The summed E-state index contributed by atoms with van der Waals surface area (Å²) in [5.74, 6) is 6.39. The average Bonchev–Trinajstić information content (AvgIpc) is 2.89. The Kier molecular flexibility index (Phi) is 5.61. The summed E-state index contributed by atoms with van der Waals surface area (Å²) >= 11 is 1.31. The van der Waals surface area contributed by atoms with Crippen molar-refractivity contribution < 1.29 is 14.4 Å². The highest BCUT2D eigenvalue weighted by Crippen LogP contribution is 2.33. The maximum Gasteiger partial charge on any atom is 0.224 e. The van der Waals surface area contributed by atoms with Gasteiger partial charge < -0.3 is 4.90 Å². The molecule has 0 radical (unpaired) electrons. The van der Waals surface area contributed by atoms with Crippen molar-refractivity contribution in [3.63, 3.8) is 0 Å². The van der Waals surface area contributed by atoms with Gasteiger partial charge in [-0.2, -0.15) is 0 Å². The van der Waals surface area contributed by atoms with Crippen LogP contribution in [0.25, 0.3) is 0 Å². The molecule has 1 aromatic heterocycles. The Bertz CT molecular complexity index is 705. The molecular formula is C19H23NO3S. The lowest BCUT2D eigenvalue weighted by molar-refractivity contribution is -0.122. The van der Waals surface area contributed by atoms with E-state index in [1.807, 2.05) is 26.8 Å². The first kappa shape index (κ1) is 18.4. The zero-order valence-electron chi connectivity index (χ0n) is 14.6. The van der Waals surface area contributed by atoms with Crippen molar-refractivity contribution >= 4 is 35.0 Å². The van der Waals surface area contributed by atoms with Crippen LogP contribution in [0.2, 0.25) is 0 Å². The fourth-order valence-corrected chi connectivity index (χ4v) is 3.60. The zero-order valence-corrected chi connectivity index (χ0v) is 15.5. The molecule has 0 saturated heterocycles. The van der Waals surface area contributed by atoms with E-state index in [9.17, 15) is 14.4 Å². The lowest BCUT2D eigenvalue weighted by atomic mass is 9.92. The average molecular weight is 345 g/mol. The van der Waals surface area contributed by atoms with Crippen LogP contribution < -0.4 is 4.90 Å². The largest absolute Gasteiger partial charge is 0.308 e. The van der Waals surface area contributed by atoms with Crippen LogP contribution >= 0.6 is 11.3 Å². The van der Waals surface area contributed by atoms with Crippen LogP contribution in [0, 0.1) is 17.3 Å². The van der Waals surface area contributed by atoms with E-state index in [0.717, 1.165) is 11.2 Å². The Hall–Kier alpha value is -1.93.